The molecule has 84 valence electrons. The molecule has 1 aromatic heterocycles. The molecule has 0 fully saturated rings. The number of carboxylic acid groups (broad SMARTS) is 1. The van der Waals surface area contributed by atoms with Gasteiger partial charge in [0.05, 0.1) is 0 Å². The minimum absolute atomic E-state index is 0.358. The fourth-order valence-electron chi connectivity index (χ4n) is 1.37. The molecule has 0 aromatic carbocycles. The molecule has 0 aliphatic carbocycles. The number of methoxy groups -OCH3 is 1. The number of ether oxygens (including phenoxy) is 1. The van der Waals surface area contributed by atoms with Gasteiger partial charge in [0.2, 0.25) is 0 Å². The van der Waals surface area contributed by atoms with Gasteiger partial charge in [0, 0.05) is 30.0 Å². The lowest BCUT2D eigenvalue weighted by molar-refractivity contribution is 0.0684. The number of carbonyl (C=O) groups is 1. The average molecular weight is 323 g/mol. The van der Waals surface area contributed by atoms with Gasteiger partial charge in [-0.1, -0.05) is 0 Å². The highest BCUT2D eigenvalue weighted by atomic mass is 127. The number of rotatable bonds is 6. The van der Waals surface area contributed by atoms with Crippen LogP contribution in [0.25, 0.3) is 0 Å². The topological polar surface area (TPSA) is 51.5 Å². The molecule has 0 atom stereocenters. The Labute approximate surface area is 102 Å². The summed E-state index contributed by atoms with van der Waals surface area (Å²) >= 11 is 2.12. The van der Waals surface area contributed by atoms with E-state index in [4.69, 9.17) is 9.84 Å². The molecular formula is C10H14INO3. The molecule has 0 spiro atoms. The lowest BCUT2D eigenvalue weighted by Gasteiger charge is -2.05. The molecule has 15 heavy (non-hydrogen) atoms. The second-order valence-electron chi connectivity index (χ2n) is 3.24. The van der Waals surface area contributed by atoms with Gasteiger partial charge in [-0.2, -0.15) is 0 Å². The summed E-state index contributed by atoms with van der Waals surface area (Å²) in [6.45, 7) is 1.45. The summed E-state index contributed by atoms with van der Waals surface area (Å²) < 4.78 is 7.67. The van der Waals surface area contributed by atoms with Crippen molar-refractivity contribution in [3.8, 4) is 0 Å². The van der Waals surface area contributed by atoms with E-state index in [1.165, 1.54) is 0 Å². The number of carboxylic acids is 1. The molecule has 1 N–H and O–H groups in total. The third-order valence-corrected chi connectivity index (χ3v) is 2.67. The fourth-order valence-corrected chi connectivity index (χ4v) is 2.00. The molecule has 4 nitrogen and oxygen atoms in total. The van der Waals surface area contributed by atoms with Gasteiger partial charge in [0.1, 0.15) is 5.69 Å². The maximum atomic E-state index is 10.9. The predicted molar refractivity (Wildman–Crippen MR) is 65.2 cm³/mol. The first-order chi connectivity index (χ1) is 7.15. The highest BCUT2D eigenvalue weighted by Gasteiger charge is 2.10. The Kier molecular flexibility index (Phi) is 5.10. The monoisotopic (exact) mass is 323 g/mol. The average Bonchev–Trinajstić information content (AvgIpc) is 2.55. The fraction of sp³-hybridized carbons (Fsp3) is 0.500. The van der Waals surface area contributed by atoms with Crippen molar-refractivity contribution in [3.05, 3.63) is 21.5 Å². The van der Waals surface area contributed by atoms with Crippen molar-refractivity contribution in [2.45, 2.75) is 19.4 Å². The second kappa shape index (κ2) is 6.12. The van der Waals surface area contributed by atoms with Crippen LogP contribution < -0.4 is 0 Å². The van der Waals surface area contributed by atoms with Crippen LogP contribution in [0.2, 0.25) is 0 Å². The van der Waals surface area contributed by atoms with Gasteiger partial charge in [-0.05, 0) is 41.5 Å². The van der Waals surface area contributed by atoms with Crippen molar-refractivity contribution < 1.29 is 14.6 Å². The number of aryl methyl sites for hydroxylation is 1. The number of aromatic carboxylic acids is 1. The summed E-state index contributed by atoms with van der Waals surface area (Å²) in [6, 6.07) is 1.68. The lowest BCUT2D eigenvalue weighted by atomic mass is 10.3. The Morgan fingerprint density at radius 1 is 1.60 bits per heavy atom. The number of aromatic nitrogens is 1. The lowest BCUT2D eigenvalue weighted by Crippen LogP contribution is -2.08. The van der Waals surface area contributed by atoms with Crippen LogP contribution in [0.15, 0.2) is 12.3 Å². The van der Waals surface area contributed by atoms with Crippen LogP contribution in [-0.4, -0.2) is 29.4 Å². The molecule has 1 aromatic rings. The molecule has 0 aliphatic heterocycles. The van der Waals surface area contributed by atoms with Crippen molar-refractivity contribution in [2.75, 3.05) is 13.7 Å². The van der Waals surface area contributed by atoms with Gasteiger partial charge < -0.3 is 14.4 Å². The third-order valence-electron chi connectivity index (χ3n) is 2.08. The van der Waals surface area contributed by atoms with Crippen molar-refractivity contribution in [1.82, 2.24) is 4.57 Å². The van der Waals surface area contributed by atoms with E-state index in [0.29, 0.717) is 5.69 Å². The van der Waals surface area contributed by atoms with Crippen molar-refractivity contribution in [1.29, 1.82) is 0 Å². The maximum Gasteiger partial charge on any atom is 0.352 e. The highest BCUT2D eigenvalue weighted by Crippen LogP contribution is 2.12. The van der Waals surface area contributed by atoms with Crippen LogP contribution in [0.5, 0.6) is 0 Å². The molecule has 1 rings (SSSR count). The van der Waals surface area contributed by atoms with E-state index >= 15 is 0 Å². The molecule has 5 heteroatoms. The van der Waals surface area contributed by atoms with Crippen molar-refractivity contribution >= 4 is 28.6 Å². The quantitative estimate of drug-likeness (QED) is 0.645. The molecule has 0 amide bonds. The first kappa shape index (κ1) is 12.5. The summed E-state index contributed by atoms with van der Waals surface area (Å²) in [4.78, 5) is 10.9. The van der Waals surface area contributed by atoms with Gasteiger partial charge in [-0.15, -0.1) is 0 Å². The van der Waals surface area contributed by atoms with Gasteiger partial charge in [-0.25, -0.2) is 4.79 Å². The van der Waals surface area contributed by atoms with E-state index in [2.05, 4.69) is 22.6 Å². The predicted octanol–water partition coefficient (Wildman–Crippen LogP) is 2.22. The second-order valence-corrected chi connectivity index (χ2v) is 4.49. The van der Waals surface area contributed by atoms with Crippen molar-refractivity contribution in [3.63, 3.8) is 0 Å². The first-order valence-corrected chi connectivity index (χ1v) is 5.81. The zero-order valence-electron chi connectivity index (χ0n) is 8.57. The molecule has 0 bridgehead atoms. The van der Waals surface area contributed by atoms with Crippen molar-refractivity contribution in [2.24, 2.45) is 0 Å². The molecule has 0 saturated heterocycles. The van der Waals surface area contributed by atoms with Crippen LogP contribution in [-0.2, 0) is 11.3 Å². The summed E-state index contributed by atoms with van der Waals surface area (Å²) in [5, 5.41) is 8.93. The zero-order valence-corrected chi connectivity index (χ0v) is 10.7. The standard InChI is InChI=1S/C10H14INO3/c1-15-5-3-2-4-12-7-8(11)6-9(12)10(13)14/h6-7H,2-5H2,1H3,(H,13,14). The van der Waals surface area contributed by atoms with E-state index in [1.54, 1.807) is 17.7 Å². The number of halogens is 1. The molecular weight excluding hydrogens is 309 g/mol. The summed E-state index contributed by atoms with van der Waals surface area (Å²) in [7, 11) is 1.67. The minimum Gasteiger partial charge on any atom is -0.477 e. The molecule has 0 unspecified atom stereocenters. The zero-order chi connectivity index (χ0) is 11.3. The number of hydrogen-bond donors (Lipinski definition) is 1. The van der Waals surface area contributed by atoms with E-state index in [9.17, 15) is 4.79 Å². The Morgan fingerprint density at radius 2 is 2.33 bits per heavy atom. The van der Waals surface area contributed by atoms with Gasteiger partial charge in [0.15, 0.2) is 0 Å². The molecule has 0 saturated carbocycles. The normalized spacial score (nSPS) is 10.5. The Morgan fingerprint density at radius 3 is 2.93 bits per heavy atom. The summed E-state index contributed by atoms with van der Waals surface area (Å²) in [5.74, 6) is -0.871. The van der Waals surface area contributed by atoms with E-state index in [1.807, 2.05) is 6.20 Å². The van der Waals surface area contributed by atoms with E-state index in [0.717, 1.165) is 29.6 Å². The van der Waals surface area contributed by atoms with Crippen LogP contribution in [0.1, 0.15) is 23.3 Å². The van der Waals surface area contributed by atoms with Gasteiger partial charge in [0.25, 0.3) is 0 Å². The summed E-state index contributed by atoms with van der Waals surface area (Å²) in [5.41, 5.74) is 0.358. The summed E-state index contributed by atoms with van der Waals surface area (Å²) in [6.07, 6.45) is 3.74. The largest absolute Gasteiger partial charge is 0.477 e. The minimum atomic E-state index is -0.871. The van der Waals surface area contributed by atoms with Crippen LogP contribution >= 0.6 is 22.6 Å². The molecule has 0 radical (unpaired) electrons. The molecule has 1 heterocycles. The smallest absolute Gasteiger partial charge is 0.352 e. The number of nitrogens with zero attached hydrogens (tertiary/aromatic N) is 1. The SMILES string of the molecule is COCCCCn1cc(I)cc1C(=O)O. The van der Waals surface area contributed by atoms with Crippen LogP contribution in [0.3, 0.4) is 0 Å². The third kappa shape index (κ3) is 3.83. The van der Waals surface area contributed by atoms with E-state index < -0.39 is 5.97 Å². The maximum absolute atomic E-state index is 10.9. The molecule has 0 aliphatic rings. The Balaban J connectivity index is 2.55. The van der Waals surface area contributed by atoms with E-state index in [-0.39, 0.29) is 0 Å². The van der Waals surface area contributed by atoms with Gasteiger partial charge >= 0.3 is 5.97 Å². The Bertz CT molecular complexity index is 335. The number of hydrogen-bond acceptors (Lipinski definition) is 2. The Hall–Kier alpha value is -0.560. The number of unbranched alkanes of at least 4 members (excludes halogenated alkanes) is 1. The van der Waals surface area contributed by atoms with Crippen LogP contribution in [0.4, 0.5) is 0 Å². The van der Waals surface area contributed by atoms with Crippen LogP contribution in [0, 0.1) is 3.57 Å². The van der Waals surface area contributed by atoms with Gasteiger partial charge in [-0.3, -0.25) is 0 Å². The highest BCUT2D eigenvalue weighted by molar-refractivity contribution is 14.1. The first-order valence-electron chi connectivity index (χ1n) is 4.73.